The maximum atomic E-state index is 12.8. The Morgan fingerprint density at radius 2 is 1.84 bits per heavy atom. The Balaban J connectivity index is 1.49. The summed E-state index contributed by atoms with van der Waals surface area (Å²) in [4.78, 5) is 16.5. The largest absolute Gasteiger partial charge is 0.416 e. The maximum Gasteiger partial charge on any atom is 0.416 e. The fourth-order valence-electron chi connectivity index (χ4n) is 3.11. The van der Waals surface area contributed by atoms with Crippen molar-refractivity contribution < 1.29 is 21.6 Å². The van der Waals surface area contributed by atoms with Crippen LogP contribution in [0.3, 0.4) is 0 Å². The molecule has 0 amide bonds. The molecule has 1 aromatic carbocycles. The minimum atomic E-state index is -4.55. The van der Waals surface area contributed by atoms with Crippen molar-refractivity contribution in [3.8, 4) is 11.4 Å². The van der Waals surface area contributed by atoms with E-state index in [0.717, 1.165) is 25.0 Å². The van der Waals surface area contributed by atoms with Gasteiger partial charge in [-0.3, -0.25) is 9.55 Å². The molecule has 1 N–H and O–H groups in total. The van der Waals surface area contributed by atoms with Gasteiger partial charge in [0.25, 0.3) is 0 Å². The van der Waals surface area contributed by atoms with Crippen LogP contribution in [0.4, 0.5) is 13.2 Å². The Bertz CT molecular complexity index is 1230. The molecule has 1 aliphatic rings. The lowest BCUT2D eigenvalue weighted by Crippen LogP contribution is -2.32. The third-order valence-corrected chi connectivity index (χ3v) is 6.29. The number of hydrogen-bond donors (Lipinski definition) is 1. The van der Waals surface area contributed by atoms with Gasteiger partial charge in [0, 0.05) is 30.5 Å². The molecular weight excluding hydrogens is 435 g/mol. The molecule has 1 fully saturated rings. The van der Waals surface area contributed by atoms with Gasteiger partial charge < -0.3 is 0 Å². The fraction of sp³-hybridized carbons (Fsp3) is 0.316. The first-order chi connectivity index (χ1) is 14.7. The second-order valence-electron chi connectivity index (χ2n) is 7.09. The van der Waals surface area contributed by atoms with Crippen LogP contribution in [0.5, 0.6) is 0 Å². The number of rotatable bonds is 7. The van der Waals surface area contributed by atoms with Crippen LogP contribution in [0.25, 0.3) is 11.4 Å². The first-order valence-electron chi connectivity index (χ1n) is 9.43. The van der Waals surface area contributed by atoms with Gasteiger partial charge in [-0.15, -0.1) is 5.10 Å². The molecule has 0 radical (unpaired) electrons. The highest BCUT2D eigenvalue weighted by atomic mass is 32.2. The average Bonchev–Trinajstić information content (AvgIpc) is 3.52. The number of aromatic nitrogens is 4. The Kier molecular flexibility index (Phi) is 5.43. The lowest BCUT2D eigenvalue weighted by atomic mass is 10.2. The topological polar surface area (TPSA) is 98.9 Å². The van der Waals surface area contributed by atoms with Crippen molar-refractivity contribution in [3.05, 3.63) is 64.8 Å². The molecule has 0 atom stereocenters. The van der Waals surface area contributed by atoms with Crippen LogP contribution in [0.15, 0.2) is 58.5 Å². The van der Waals surface area contributed by atoms with Crippen molar-refractivity contribution in [1.29, 1.82) is 0 Å². The van der Waals surface area contributed by atoms with Gasteiger partial charge in [-0.1, -0.05) is 0 Å². The number of benzene rings is 1. The summed E-state index contributed by atoms with van der Waals surface area (Å²) in [7, 11) is -4.04. The van der Waals surface area contributed by atoms with Crippen LogP contribution in [0.1, 0.15) is 24.4 Å². The normalized spacial score (nSPS) is 14.7. The molecule has 0 saturated heterocycles. The average molecular weight is 453 g/mol. The van der Waals surface area contributed by atoms with E-state index < -0.39 is 21.8 Å². The van der Waals surface area contributed by atoms with Crippen molar-refractivity contribution in [2.24, 2.45) is 0 Å². The van der Waals surface area contributed by atoms with Gasteiger partial charge in [0.1, 0.15) is 0 Å². The second kappa shape index (κ2) is 7.93. The fourth-order valence-corrected chi connectivity index (χ4v) is 4.13. The van der Waals surface area contributed by atoms with Gasteiger partial charge in [0.2, 0.25) is 10.0 Å². The van der Waals surface area contributed by atoms with E-state index in [4.69, 9.17) is 0 Å². The Morgan fingerprint density at radius 3 is 2.42 bits per heavy atom. The molecule has 0 aliphatic heterocycles. The summed E-state index contributed by atoms with van der Waals surface area (Å²) in [6.45, 7) is -0.191. The summed E-state index contributed by atoms with van der Waals surface area (Å²) in [6, 6.07) is 6.76. The number of alkyl halides is 3. The number of hydrogen-bond acceptors (Lipinski definition) is 5. The number of pyridine rings is 1. The van der Waals surface area contributed by atoms with Crippen molar-refractivity contribution >= 4 is 10.0 Å². The standard InChI is InChI=1S/C19H18F3N5O3S/c20-19(21,22)14-3-7-16(8-4-14)31(29,30)24-10-11-26-18(28)27(15-5-6-15)17(25-26)13-2-1-9-23-12-13/h1-4,7-9,12,15,24H,5-6,10-11H2. The molecule has 4 rings (SSSR count). The lowest BCUT2D eigenvalue weighted by Gasteiger charge is -2.09. The minimum absolute atomic E-state index is 0.0360. The van der Waals surface area contributed by atoms with Crippen LogP contribution in [0, 0.1) is 0 Å². The molecule has 1 aliphatic carbocycles. The van der Waals surface area contributed by atoms with E-state index >= 15 is 0 Å². The number of halogens is 3. The molecule has 31 heavy (non-hydrogen) atoms. The molecule has 3 aromatic rings. The summed E-state index contributed by atoms with van der Waals surface area (Å²) < 4.78 is 67.7. The SMILES string of the molecule is O=c1n(CCNS(=O)(=O)c2ccc(C(F)(F)F)cc2)nc(-c2cccnc2)n1C1CC1. The zero-order valence-corrected chi connectivity index (χ0v) is 16.9. The smallest absolute Gasteiger partial charge is 0.272 e. The van der Waals surface area contributed by atoms with E-state index in [1.165, 1.54) is 4.68 Å². The van der Waals surface area contributed by atoms with E-state index in [2.05, 4.69) is 14.8 Å². The van der Waals surface area contributed by atoms with E-state index in [9.17, 15) is 26.4 Å². The van der Waals surface area contributed by atoms with E-state index in [1.807, 2.05) is 0 Å². The third-order valence-electron chi connectivity index (χ3n) is 4.81. The minimum Gasteiger partial charge on any atom is -0.272 e. The molecule has 8 nitrogen and oxygen atoms in total. The van der Waals surface area contributed by atoms with Crippen molar-refractivity contribution in [1.82, 2.24) is 24.1 Å². The van der Waals surface area contributed by atoms with Gasteiger partial charge in [0.15, 0.2) is 5.82 Å². The van der Waals surface area contributed by atoms with Gasteiger partial charge >= 0.3 is 11.9 Å². The van der Waals surface area contributed by atoms with Crippen LogP contribution in [0.2, 0.25) is 0 Å². The molecule has 1 saturated carbocycles. The summed E-state index contributed by atoms with van der Waals surface area (Å²) in [5, 5.41) is 4.34. The van der Waals surface area contributed by atoms with E-state index in [0.29, 0.717) is 23.5 Å². The predicted octanol–water partition coefficient (Wildman–Crippen LogP) is 2.44. The highest BCUT2D eigenvalue weighted by Gasteiger charge is 2.31. The lowest BCUT2D eigenvalue weighted by molar-refractivity contribution is -0.137. The Hall–Kier alpha value is -2.99. The summed E-state index contributed by atoms with van der Waals surface area (Å²) >= 11 is 0. The Morgan fingerprint density at radius 1 is 1.13 bits per heavy atom. The van der Waals surface area contributed by atoms with Gasteiger partial charge in [0.05, 0.1) is 17.0 Å². The van der Waals surface area contributed by atoms with Gasteiger partial charge in [-0.2, -0.15) is 13.2 Å². The number of nitrogens with zero attached hydrogens (tertiary/aromatic N) is 4. The number of nitrogens with one attached hydrogen (secondary N) is 1. The van der Waals surface area contributed by atoms with Crippen LogP contribution in [-0.4, -0.2) is 34.3 Å². The third kappa shape index (κ3) is 4.54. The second-order valence-corrected chi connectivity index (χ2v) is 8.86. The molecular formula is C19H18F3N5O3S. The maximum absolute atomic E-state index is 12.8. The summed E-state index contributed by atoms with van der Waals surface area (Å²) in [5.41, 5.74) is -0.614. The van der Waals surface area contributed by atoms with Gasteiger partial charge in [-0.25, -0.2) is 22.6 Å². The first-order valence-corrected chi connectivity index (χ1v) is 10.9. The first kappa shape index (κ1) is 21.2. The molecule has 0 unspecified atom stereocenters. The molecule has 0 spiro atoms. The highest BCUT2D eigenvalue weighted by molar-refractivity contribution is 7.89. The number of sulfonamides is 1. The highest BCUT2D eigenvalue weighted by Crippen LogP contribution is 2.36. The summed E-state index contributed by atoms with van der Waals surface area (Å²) in [5.74, 6) is 0.464. The molecule has 2 heterocycles. The Labute approximate surface area is 175 Å². The summed E-state index contributed by atoms with van der Waals surface area (Å²) in [6.07, 6.45) is 0.372. The van der Waals surface area contributed by atoms with Crippen molar-refractivity contribution in [3.63, 3.8) is 0 Å². The van der Waals surface area contributed by atoms with Gasteiger partial charge in [-0.05, 0) is 49.2 Å². The zero-order valence-electron chi connectivity index (χ0n) is 16.1. The van der Waals surface area contributed by atoms with E-state index in [1.54, 1.807) is 29.1 Å². The monoisotopic (exact) mass is 453 g/mol. The quantitative estimate of drug-likeness (QED) is 0.593. The molecule has 2 aromatic heterocycles. The van der Waals surface area contributed by atoms with E-state index in [-0.39, 0.29) is 29.7 Å². The van der Waals surface area contributed by atoms with Crippen molar-refractivity contribution in [2.45, 2.75) is 36.5 Å². The van der Waals surface area contributed by atoms with Crippen molar-refractivity contribution in [2.75, 3.05) is 6.54 Å². The predicted molar refractivity (Wildman–Crippen MR) is 105 cm³/mol. The van der Waals surface area contributed by atoms with Crippen LogP contribution >= 0.6 is 0 Å². The van der Waals surface area contributed by atoms with Crippen LogP contribution in [-0.2, 0) is 22.7 Å². The molecule has 164 valence electrons. The molecule has 0 bridgehead atoms. The zero-order chi connectivity index (χ0) is 22.2. The molecule has 12 heteroatoms. The van der Waals surface area contributed by atoms with Crippen LogP contribution < -0.4 is 10.4 Å².